The Morgan fingerprint density at radius 2 is 1.21 bits per heavy atom. The van der Waals surface area contributed by atoms with Crippen molar-refractivity contribution in [1.82, 2.24) is 9.55 Å². The maximum Gasteiger partial charge on any atom is 0.149 e. The molecule has 0 bridgehead atoms. The van der Waals surface area contributed by atoms with Crippen molar-refractivity contribution in [1.29, 1.82) is 0 Å². The summed E-state index contributed by atoms with van der Waals surface area (Å²) in [4.78, 5) is 5.46. The summed E-state index contributed by atoms with van der Waals surface area (Å²) in [5.74, 6) is 0.863. The van der Waals surface area contributed by atoms with Gasteiger partial charge in [-0.1, -0.05) is 142 Å². The Hall–Kier alpha value is -5.93. The van der Waals surface area contributed by atoms with Gasteiger partial charge in [-0.15, -0.1) is 0 Å². The van der Waals surface area contributed by atoms with Crippen molar-refractivity contribution in [2.75, 3.05) is 0 Å². The molecule has 230 valence electrons. The molecular weight excluding hydrogens is 585 g/mol. The summed E-state index contributed by atoms with van der Waals surface area (Å²) in [7, 11) is 0. The minimum absolute atomic E-state index is 0.135. The molecule has 3 heteroatoms. The SMILES string of the molecule is CC(C)(C)c1cccc(-c2ccccc2)c1-n1c(-c2cccc3c2oc2cc(-c4ccccc4)ccc23)nc2cc3ccccc3cc21. The van der Waals surface area contributed by atoms with Crippen molar-refractivity contribution in [2.24, 2.45) is 0 Å². The summed E-state index contributed by atoms with van der Waals surface area (Å²) in [6, 6.07) is 53.9. The number of imidazole rings is 1. The van der Waals surface area contributed by atoms with Crippen LogP contribution in [0.25, 0.3) is 83.1 Å². The van der Waals surface area contributed by atoms with Crippen LogP contribution in [0.2, 0.25) is 0 Å². The molecule has 7 aromatic carbocycles. The molecule has 0 atom stereocenters. The first kappa shape index (κ1) is 28.3. The minimum atomic E-state index is -0.135. The highest BCUT2D eigenvalue weighted by Crippen LogP contribution is 2.43. The fourth-order valence-electron chi connectivity index (χ4n) is 7.19. The second-order valence-corrected chi connectivity index (χ2v) is 13.6. The number of aromatic nitrogens is 2. The lowest BCUT2D eigenvalue weighted by atomic mass is 9.83. The number of para-hydroxylation sites is 2. The highest BCUT2D eigenvalue weighted by Gasteiger charge is 2.27. The quantitative estimate of drug-likeness (QED) is 0.196. The molecule has 0 amide bonds. The van der Waals surface area contributed by atoms with Gasteiger partial charge in [0.1, 0.15) is 17.0 Å². The fraction of sp³-hybridized carbons (Fsp3) is 0.0889. The normalized spacial score (nSPS) is 12.1. The second-order valence-electron chi connectivity index (χ2n) is 13.6. The Kier molecular flexibility index (Phi) is 6.38. The van der Waals surface area contributed by atoms with Gasteiger partial charge in [0.05, 0.1) is 22.3 Å². The number of furan rings is 1. The highest BCUT2D eigenvalue weighted by molar-refractivity contribution is 6.10. The number of benzene rings is 7. The van der Waals surface area contributed by atoms with Crippen molar-refractivity contribution in [2.45, 2.75) is 26.2 Å². The Morgan fingerprint density at radius 3 is 1.96 bits per heavy atom. The maximum atomic E-state index is 6.82. The van der Waals surface area contributed by atoms with E-state index < -0.39 is 0 Å². The Morgan fingerprint density at radius 1 is 0.542 bits per heavy atom. The average Bonchev–Trinajstić information content (AvgIpc) is 3.68. The van der Waals surface area contributed by atoms with E-state index >= 15 is 0 Å². The lowest BCUT2D eigenvalue weighted by molar-refractivity contribution is 0.587. The monoisotopic (exact) mass is 618 g/mol. The van der Waals surface area contributed by atoms with Crippen molar-refractivity contribution < 1.29 is 4.42 Å². The summed E-state index contributed by atoms with van der Waals surface area (Å²) in [6.45, 7) is 6.87. The van der Waals surface area contributed by atoms with E-state index in [2.05, 4.69) is 171 Å². The van der Waals surface area contributed by atoms with Gasteiger partial charge in [0, 0.05) is 16.3 Å². The van der Waals surface area contributed by atoms with Crippen LogP contribution in [0.3, 0.4) is 0 Å². The second kappa shape index (κ2) is 10.8. The molecule has 0 fully saturated rings. The van der Waals surface area contributed by atoms with E-state index in [1.807, 2.05) is 6.07 Å². The van der Waals surface area contributed by atoms with E-state index in [1.165, 1.54) is 33.0 Å². The van der Waals surface area contributed by atoms with Crippen LogP contribution in [-0.2, 0) is 5.41 Å². The number of hydrogen-bond donors (Lipinski definition) is 0. The van der Waals surface area contributed by atoms with Crippen LogP contribution >= 0.6 is 0 Å². The zero-order valence-corrected chi connectivity index (χ0v) is 27.2. The summed E-state index contributed by atoms with van der Waals surface area (Å²) in [6.07, 6.45) is 0. The zero-order valence-electron chi connectivity index (χ0n) is 27.2. The van der Waals surface area contributed by atoms with Crippen LogP contribution in [0.15, 0.2) is 156 Å². The highest BCUT2D eigenvalue weighted by atomic mass is 16.3. The lowest BCUT2D eigenvalue weighted by Crippen LogP contribution is -2.16. The van der Waals surface area contributed by atoms with Gasteiger partial charge in [-0.05, 0) is 68.8 Å². The smallest absolute Gasteiger partial charge is 0.149 e. The standard InChI is InChI=1S/C45H34N2O/c1-45(2,3)38-23-13-20-34(30-16-8-5-9-17-30)42(38)47-40-27-32-19-11-10-18-31(32)26-39(40)46-44(47)37-22-12-21-36-35-25-24-33(28-41(35)48-43(36)37)29-14-6-4-7-15-29/h4-28H,1-3H3. The van der Waals surface area contributed by atoms with Gasteiger partial charge in [0.25, 0.3) is 0 Å². The number of hydrogen-bond acceptors (Lipinski definition) is 2. The topological polar surface area (TPSA) is 31.0 Å². The lowest BCUT2D eigenvalue weighted by Gasteiger charge is -2.27. The van der Waals surface area contributed by atoms with Gasteiger partial charge >= 0.3 is 0 Å². The van der Waals surface area contributed by atoms with Crippen molar-refractivity contribution >= 4 is 43.7 Å². The Bertz CT molecular complexity index is 2640. The number of rotatable bonds is 4. The molecule has 0 aliphatic carbocycles. The zero-order chi connectivity index (χ0) is 32.4. The van der Waals surface area contributed by atoms with Gasteiger partial charge < -0.3 is 4.42 Å². The molecule has 0 spiro atoms. The first-order chi connectivity index (χ1) is 23.4. The third kappa shape index (κ3) is 4.54. The first-order valence-electron chi connectivity index (χ1n) is 16.6. The molecule has 0 saturated carbocycles. The molecule has 2 heterocycles. The van der Waals surface area contributed by atoms with E-state index in [9.17, 15) is 0 Å². The molecule has 3 nitrogen and oxygen atoms in total. The largest absolute Gasteiger partial charge is 0.455 e. The molecule has 0 saturated heterocycles. The van der Waals surface area contributed by atoms with Crippen LogP contribution in [0.1, 0.15) is 26.3 Å². The minimum Gasteiger partial charge on any atom is -0.455 e. The number of nitrogens with zero attached hydrogens (tertiary/aromatic N) is 2. The van der Waals surface area contributed by atoms with Gasteiger partial charge in [-0.2, -0.15) is 0 Å². The molecule has 0 N–H and O–H groups in total. The predicted octanol–water partition coefficient (Wildman–Crippen LogP) is 12.4. The van der Waals surface area contributed by atoms with Gasteiger partial charge in [-0.25, -0.2) is 4.98 Å². The average molecular weight is 619 g/mol. The van der Waals surface area contributed by atoms with Crippen LogP contribution in [-0.4, -0.2) is 9.55 Å². The summed E-state index contributed by atoms with van der Waals surface area (Å²) in [5, 5.41) is 4.53. The molecule has 9 aromatic rings. The molecule has 9 rings (SSSR count). The van der Waals surface area contributed by atoms with E-state index in [1.54, 1.807) is 0 Å². The molecule has 0 unspecified atom stereocenters. The Labute approximate surface area is 279 Å². The van der Waals surface area contributed by atoms with Gasteiger partial charge in [0.15, 0.2) is 0 Å². The maximum absolute atomic E-state index is 6.82. The van der Waals surface area contributed by atoms with Crippen LogP contribution in [0.5, 0.6) is 0 Å². The third-order valence-electron chi connectivity index (χ3n) is 9.52. The first-order valence-corrected chi connectivity index (χ1v) is 16.6. The van der Waals surface area contributed by atoms with Crippen LogP contribution in [0.4, 0.5) is 0 Å². The van der Waals surface area contributed by atoms with Crippen molar-refractivity contribution in [3.8, 4) is 39.3 Å². The van der Waals surface area contributed by atoms with E-state index in [-0.39, 0.29) is 5.41 Å². The third-order valence-corrected chi connectivity index (χ3v) is 9.52. The van der Waals surface area contributed by atoms with Gasteiger partial charge in [0.2, 0.25) is 0 Å². The van der Waals surface area contributed by atoms with Gasteiger partial charge in [-0.3, -0.25) is 4.57 Å². The molecule has 0 aliphatic rings. The molecule has 0 aliphatic heterocycles. The summed E-state index contributed by atoms with van der Waals surface area (Å²) in [5.41, 5.74) is 11.6. The molecule has 48 heavy (non-hydrogen) atoms. The van der Waals surface area contributed by atoms with E-state index in [4.69, 9.17) is 9.40 Å². The summed E-state index contributed by atoms with van der Waals surface area (Å²) < 4.78 is 9.21. The molecule has 2 aromatic heterocycles. The van der Waals surface area contributed by atoms with Crippen LogP contribution in [0, 0.1) is 0 Å². The predicted molar refractivity (Wildman–Crippen MR) is 201 cm³/mol. The van der Waals surface area contributed by atoms with Crippen LogP contribution < -0.4 is 0 Å². The summed E-state index contributed by atoms with van der Waals surface area (Å²) >= 11 is 0. The fourth-order valence-corrected chi connectivity index (χ4v) is 7.19. The number of fused-ring (bicyclic) bond motifs is 5. The van der Waals surface area contributed by atoms with E-state index in [0.717, 1.165) is 55.6 Å². The Balaban J connectivity index is 1.39. The van der Waals surface area contributed by atoms with Crippen molar-refractivity contribution in [3.63, 3.8) is 0 Å². The molecular formula is C45H34N2O. The van der Waals surface area contributed by atoms with E-state index in [0.29, 0.717) is 0 Å². The molecule has 0 radical (unpaired) electrons. The van der Waals surface area contributed by atoms with Crippen molar-refractivity contribution in [3.05, 3.63) is 157 Å².